The van der Waals surface area contributed by atoms with Gasteiger partial charge in [0.15, 0.2) is 0 Å². The second kappa shape index (κ2) is 4.46. The first-order valence-electron chi connectivity index (χ1n) is 6.00. The monoisotopic (exact) mass is 219 g/mol. The van der Waals surface area contributed by atoms with Gasteiger partial charge >= 0.3 is 0 Å². The van der Waals surface area contributed by atoms with E-state index in [1.54, 1.807) is 7.11 Å². The maximum absolute atomic E-state index is 5.22. The minimum Gasteiger partial charge on any atom is -0.497 e. The Labute approximate surface area is 98.0 Å². The van der Waals surface area contributed by atoms with E-state index < -0.39 is 0 Å². The normalized spacial score (nSPS) is 16.2. The summed E-state index contributed by atoms with van der Waals surface area (Å²) in [6.45, 7) is 5.51. The van der Waals surface area contributed by atoms with Crippen LogP contribution >= 0.6 is 0 Å². The van der Waals surface area contributed by atoms with Crippen molar-refractivity contribution in [2.75, 3.05) is 7.11 Å². The van der Waals surface area contributed by atoms with E-state index in [4.69, 9.17) is 4.74 Å². The molecular formula is C14H21NO. The molecule has 88 valence electrons. The first-order valence-corrected chi connectivity index (χ1v) is 6.00. The second-order valence-corrected chi connectivity index (χ2v) is 5.20. The predicted molar refractivity (Wildman–Crippen MR) is 66.6 cm³/mol. The minimum absolute atomic E-state index is 0.267. The van der Waals surface area contributed by atoms with Gasteiger partial charge in [0, 0.05) is 12.1 Å². The summed E-state index contributed by atoms with van der Waals surface area (Å²) in [4.78, 5) is 0. The lowest BCUT2D eigenvalue weighted by Gasteiger charge is -2.26. The van der Waals surface area contributed by atoms with Crippen LogP contribution in [0.2, 0.25) is 0 Å². The molecule has 1 aliphatic carbocycles. The molecule has 0 radical (unpaired) electrons. The lowest BCUT2D eigenvalue weighted by Crippen LogP contribution is -2.40. The molecule has 2 nitrogen and oxygen atoms in total. The summed E-state index contributed by atoms with van der Waals surface area (Å²) in [5.41, 5.74) is 1.55. The maximum Gasteiger partial charge on any atom is 0.119 e. The summed E-state index contributed by atoms with van der Waals surface area (Å²) in [6.07, 6.45) is 2.75. The number of ether oxygens (including phenoxy) is 1. The molecule has 0 saturated heterocycles. The lowest BCUT2D eigenvalue weighted by molar-refractivity contribution is 0.339. The molecule has 0 aliphatic heterocycles. The molecule has 1 saturated carbocycles. The molecule has 1 fully saturated rings. The second-order valence-electron chi connectivity index (χ2n) is 5.20. The van der Waals surface area contributed by atoms with Crippen molar-refractivity contribution in [2.24, 2.45) is 5.92 Å². The SMILES string of the molecule is COc1cccc(CNC(C)(C)C2CC2)c1. The average Bonchev–Trinajstić information content (AvgIpc) is 3.11. The predicted octanol–water partition coefficient (Wildman–Crippen LogP) is 2.97. The van der Waals surface area contributed by atoms with Crippen LogP contribution in [0, 0.1) is 5.92 Å². The van der Waals surface area contributed by atoms with E-state index in [0.717, 1.165) is 18.2 Å². The maximum atomic E-state index is 5.22. The minimum atomic E-state index is 0.267. The fourth-order valence-electron chi connectivity index (χ4n) is 2.06. The molecule has 0 amide bonds. The van der Waals surface area contributed by atoms with Gasteiger partial charge in [0.1, 0.15) is 5.75 Å². The largest absolute Gasteiger partial charge is 0.497 e. The third-order valence-corrected chi connectivity index (χ3v) is 3.48. The summed E-state index contributed by atoms with van der Waals surface area (Å²) in [5.74, 6) is 1.79. The summed E-state index contributed by atoms with van der Waals surface area (Å²) in [5, 5.41) is 3.63. The number of hydrogen-bond acceptors (Lipinski definition) is 2. The molecule has 1 aliphatic rings. The number of methoxy groups -OCH3 is 1. The summed E-state index contributed by atoms with van der Waals surface area (Å²) >= 11 is 0. The number of hydrogen-bond donors (Lipinski definition) is 1. The standard InChI is InChI=1S/C14H21NO/c1-14(2,12-7-8-12)15-10-11-5-4-6-13(9-11)16-3/h4-6,9,12,15H,7-8,10H2,1-3H3. The van der Waals surface area contributed by atoms with Gasteiger partial charge in [0.2, 0.25) is 0 Å². The molecular weight excluding hydrogens is 198 g/mol. The highest BCUT2D eigenvalue weighted by molar-refractivity contribution is 5.28. The van der Waals surface area contributed by atoms with E-state index in [-0.39, 0.29) is 5.54 Å². The van der Waals surface area contributed by atoms with Crippen molar-refractivity contribution in [2.45, 2.75) is 38.8 Å². The molecule has 1 aromatic carbocycles. The van der Waals surface area contributed by atoms with E-state index >= 15 is 0 Å². The molecule has 1 aromatic rings. The highest BCUT2D eigenvalue weighted by atomic mass is 16.5. The molecule has 0 spiro atoms. The highest BCUT2D eigenvalue weighted by Gasteiger charge is 2.36. The zero-order chi connectivity index (χ0) is 11.6. The first-order chi connectivity index (χ1) is 7.62. The highest BCUT2D eigenvalue weighted by Crippen LogP contribution is 2.39. The molecule has 0 bridgehead atoms. The molecule has 1 N–H and O–H groups in total. The topological polar surface area (TPSA) is 21.3 Å². The Morgan fingerprint density at radius 3 is 2.75 bits per heavy atom. The van der Waals surface area contributed by atoms with Crippen LogP contribution in [0.3, 0.4) is 0 Å². The van der Waals surface area contributed by atoms with Crippen molar-refractivity contribution >= 4 is 0 Å². The summed E-state index contributed by atoms with van der Waals surface area (Å²) in [7, 11) is 1.71. The molecule has 0 unspecified atom stereocenters. The van der Waals surface area contributed by atoms with Crippen molar-refractivity contribution in [1.29, 1.82) is 0 Å². The Morgan fingerprint density at radius 1 is 1.38 bits per heavy atom. The molecule has 16 heavy (non-hydrogen) atoms. The van der Waals surface area contributed by atoms with Gasteiger partial charge in [-0.05, 0) is 50.3 Å². The Morgan fingerprint density at radius 2 is 2.12 bits per heavy atom. The summed E-state index contributed by atoms with van der Waals surface area (Å²) in [6, 6.07) is 8.25. The van der Waals surface area contributed by atoms with Gasteiger partial charge in [-0.15, -0.1) is 0 Å². The van der Waals surface area contributed by atoms with Gasteiger partial charge in [-0.3, -0.25) is 0 Å². The van der Waals surface area contributed by atoms with Gasteiger partial charge in [0.25, 0.3) is 0 Å². The lowest BCUT2D eigenvalue weighted by atomic mass is 9.98. The molecule has 0 aromatic heterocycles. The fourth-order valence-corrected chi connectivity index (χ4v) is 2.06. The van der Waals surface area contributed by atoms with Crippen molar-refractivity contribution in [3.63, 3.8) is 0 Å². The van der Waals surface area contributed by atoms with E-state index in [0.29, 0.717) is 0 Å². The molecule has 0 atom stereocenters. The van der Waals surface area contributed by atoms with Crippen LogP contribution in [0.4, 0.5) is 0 Å². The van der Waals surface area contributed by atoms with E-state index in [1.165, 1.54) is 18.4 Å². The van der Waals surface area contributed by atoms with Gasteiger partial charge < -0.3 is 10.1 Å². The van der Waals surface area contributed by atoms with Crippen molar-refractivity contribution < 1.29 is 4.74 Å². The van der Waals surface area contributed by atoms with Crippen LogP contribution in [0.25, 0.3) is 0 Å². The quantitative estimate of drug-likeness (QED) is 0.822. The van der Waals surface area contributed by atoms with Gasteiger partial charge in [-0.25, -0.2) is 0 Å². The fraction of sp³-hybridized carbons (Fsp3) is 0.571. The van der Waals surface area contributed by atoms with Gasteiger partial charge in [0.05, 0.1) is 7.11 Å². The van der Waals surface area contributed by atoms with Crippen LogP contribution in [-0.2, 0) is 6.54 Å². The third-order valence-electron chi connectivity index (χ3n) is 3.48. The van der Waals surface area contributed by atoms with Crippen LogP contribution in [-0.4, -0.2) is 12.6 Å². The van der Waals surface area contributed by atoms with Crippen molar-refractivity contribution in [3.05, 3.63) is 29.8 Å². The van der Waals surface area contributed by atoms with Gasteiger partial charge in [-0.1, -0.05) is 12.1 Å². The molecule has 0 heterocycles. The van der Waals surface area contributed by atoms with E-state index in [9.17, 15) is 0 Å². The Hall–Kier alpha value is -1.02. The van der Waals surface area contributed by atoms with Crippen molar-refractivity contribution in [1.82, 2.24) is 5.32 Å². The Balaban J connectivity index is 1.93. The molecule has 2 rings (SSSR count). The first kappa shape index (κ1) is 11.5. The van der Waals surface area contributed by atoms with Crippen LogP contribution in [0.1, 0.15) is 32.3 Å². The number of rotatable bonds is 5. The Bertz CT molecular complexity index is 356. The van der Waals surface area contributed by atoms with Gasteiger partial charge in [-0.2, -0.15) is 0 Å². The van der Waals surface area contributed by atoms with E-state index in [2.05, 4.69) is 31.3 Å². The Kier molecular flexibility index (Phi) is 3.20. The zero-order valence-electron chi connectivity index (χ0n) is 10.4. The zero-order valence-corrected chi connectivity index (χ0v) is 10.4. The summed E-state index contributed by atoms with van der Waals surface area (Å²) < 4.78 is 5.22. The number of nitrogens with one attached hydrogen (secondary N) is 1. The smallest absolute Gasteiger partial charge is 0.119 e. The van der Waals surface area contributed by atoms with Crippen LogP contribution in [0.15, 0.2) is 24.3 Å². The van der Waals surface area contributed by atoms with E-state index in [1.807, 2.05) is 12.1 Å². The molecule has 2 heteroatoms. The van der Waals surface area contributed by atoms with Crippen LogP contribution in [0.5, 0.6) is 5.75 Å². The van der Waals surface area contributed by atoms with Crippen molar-refractivity contribution in [3.8, 4) is 5.75 Å². The average molecular weight is 219 g/mol. The van der Waals surface area contributed by atoms with Crippen LogP contribution < -0.4 is 10.1 Å². The third kappa shape index (κ3) is 2.76. The number of benzene rings is 1.